The molecule has 0 saturated carbocycles. The van der Waals surface area contributed by atoms with Crippen LogP contribution in [0.4, 0.5) is 0 Å². The van der Waals surface area contributed by atoms with Crippen molar-refractivity contribution in [2.24, 2.45) is 0 Å². The molecule has 0 fully saturated rings. The second-order valence-electron chi connectivity index (χ2n) is 4.33. The zero-order valence-corrected chi connectivity index (χ0v) is 10.6. The van der Waals surface area contributed by atoms with Crippen LogP contribution in [-0.2, 0) is 13.0 Å². The molecule has 0 atom stereocenters. The van der Waals surface area contributed by atoms with Crippen molar-refractivity contribution in [3.8, 4) is 0 Å². The lowest BCUT2D eigenvalue weighted by Gasteiger charge is -2.10. The molecule has 1 aromatic heterocycles. The van der Waals surface area contributed by atoms with Crippen molar-refractivity contribution in [3.05, 3.63) is 40.3 Å². The Hall–Kier alpha value is -1.68. The topological polar surface area (TPSA) is 55.1 Å². The Morgan fingerprint density at radius 1 is 1.33 bits per heavy atom. The zero-order chi connectivity index (χ0) is 13.0. The fraction of sp³-hybridized carbons (Fsp3) is 0.429. The van der Waals surface area contributed by atoms with Crippen LogP contribution >= 0.6 is 0 Å². The number of hydrogen-bond acceptors (Lipinski definition) is 3. The molecule has 0 aliphatic heterocycles. The van der Waals surface area contributed by atoms with E-state index >= 15 is 0 Å². The van der Waals surface area contributed by atoms with E-state index in [1.54, 1.807) is 4.57 Å². The highest BCUT2D eigenvalue weighted by Gasteiger charge is 2.09. The largest absolute Gasteiger partial charge is 0.396 e. The number of nitrogens with zero attached hydrogens (tertiary/aromatic N) is 2. The van der Waals surface area contributed by atoms with Gasteiger partial charge < -0.3 is 9.67 Å². The molecule has 0 aliphatic carbocycles. The lowest BCUT2D eigenvalue weighted by atomic mass is 10.2. The number of benzene rings is 1. The van der Waals surface area contributed by atoms with Crippen LogP contribution in [0.25, 0.3) is 11.0 Å². The lowest BCUT2D eigenvalue weighted by Crippen LogP contribution is -2.26. The summed E-state index contributed by atoms with van der Waals surface area (Å²) in [5.41, 5.74) is 2.26. The molecule has 0 saturated heterocycles. The summed E-state index contributed by atoms with van der Waals surface area (Å²) < 4.78 is 1.79. The molecule has 96 valence electrons. The van der Waals surface area contributed by atoms with Gasteiger partial charge in [0.2, 0.25) is 0 Å². The molecule has 4 heteroatoms. The molecule has 1 heterocycles. The number of para-hydroxylation sites is 2. The third-order valence-corrected chi connectivity index (χ3v) is 2.94. The third kappa shape index (κ3) is 2.43. The van der Waals surface area contributed by atoms with Crippen LogP contribution in [0.3, 0.4) is 0 Å². The van der Waals surface area contributed by atoms with Gasteiger partial charge in [0, 0.05) is 13.2 Å². The second kappa shape index (κ2) is 5.78. The van der Waals surface area contributed by atoms with Crippen molar-refractivity contribution in [1.82, 2.24) is 9.55 Å². The van der Waals surface area contributed by atoms with Crippen molar-refractivity contribution in [1.29, 1.82) is 0 Å². The maximum absolute atomic E-state index is 12.3. The van der Waals surface area contributed by atoms with E-state index in [0.717, 1.165) is 17.5 Å². The van der Waals surface area contributed by atoms with Gasteiger partial charge in [-0.15, -0.1) is 0 Å². The minimum absolute atomic E-state index is 0.0241. The summed E-state index contributed by atoms with van der Waals surface area (Å²) in [5, 5.41) is 8.87. The van der Waals surface area contributed by atoms with Crippen LogP contribution in [0.2, 0.25) is 0 Å². The quantitative estimate of drug-likeness (QED) is 0.874. The number of aryl methyl sites for hydroxylation is 2. The predicted octanol–water partition coefficient (Wildman–Crippen LogP) is 1.73. The van der Waals surface area contributed by atoms with Crippen LogP contribution in [0, 0.1) is 0 Å². The Labute approximate surface area is 106 Å². The minimum Gasteiger partial charge on any atom is -0.396 e. The van der Waals surface area contributed by atoms with Gasteiger partial charge in [0.05, 0.1) is 11.0 Å². The van der Waals surface area contributed by atoms with E-state index in [0.29, 0.717) is 25.1 Å². The molecular formula is C14H18N2O2. The monoisotopic (exact) mass is 246 g/mol. The first-order valence-corrected chi connectivity index (χ1v) is 6.37. The third-order valence-electron chi connectivity index (χ3n) is 2.94. The Morgan fingerprint density at radius 2 is 2.11 bits per heavy atom. The number of aliphatic hydroxyl groups is 1. The molecule has 0 aliphatic rings. The smallest absolute Gasteiger partial charge is 0.272 e. The molecule has 18 heavy (non-hydrogen) atoms. The number of hydrogen-bond donors (Lipinski definition) is 1. The summed E-state index contributed by atoms with van der Waals surface area (Å²) >= 11 is 0. The summed E-state index contributed by atoms with van der Waals surface area (Å²) in [6.45, 7) is 2.84. The Kier molecular flexibility index (Phi) is 4.10. The van der Waals surface area contributed by atoms with Gasteiger partial charge in [0.25, 0.3) is 5.56 Å². The highest BCUT2D eigenvalue weighted by atomic mass is 16.2. The average molecular weight is 246 g/mol. The Morgan fingerprint density at radius 3 is 2.83 bits per heavy atom. The van der Waals surface area contributed by atoms with Gasteiger partial charge >= 0.3 is 0 Å². The van der Waals surface area contributed by atoms with E-state index in [2.05, 4.69) is 11.9 Å². The molecule has 1 aromatic carbocycles. The van der Waals surface area contributed by atoms with Crippen LogP contribution < -0.4 is 5.56 Å². The van der Waals surface area contributed by atoms with Crippen LogP contribution in [0.15, 0.2) is 29.1 Å². The fourth-order valence-corrected chi connectivity index (χ4v) is 2.10. The van der Waals surface area contributed by atoms with Gasteiger partial charge in [-0.1, -0.05) is 19.1 Å². The van der Waals surface area contributed by atoms with E-state index in [4.69, 9.17) is 5.11 Å². The van der Waals surface area contributed by atoms with E-state index in [1.165, 1.54) is 0 Å². The van der Waals surface area contributed by atoms with Gasteiger partial charge in [-0.3, -0.25) is 4.79 Å². The van der Waals surface area contributed by atoms with Crippen molar-refractivity contribution < 1.29 is 5.11 Å². The van der Waals surface area contributed by atoms with Crippen molar-refractivity contribution in [2.45, 2.75) is 32.7 Å². The number of rotatable bonds is 5. The van der Waals surface area contributed by atoms with Crippen molar-refractivity contribution in [3.63, 3.8) is 0 Å². The first-order chi connectivity index (χ1) is 8.77. The standard InChI is InChI=1S/C14H18N2O2/c1-2-9-16-13-8-4-3-6-11(13)15-12(14(16)18)7-5-10-17/h3-4,6,8,17H,2,5,7,9-10H2,1H3. The molecule has 0 spiro atoms. The summed E-state index contributed by atoms with van der Waals surface area (Å²) in [5.74, 6) is 0. The SMILES string of the molecule is CCCn1c(=O)c(CCCO)nc2ccccc21. The van der Waals surface area contributed by atoms with Gasteiger partial charge in [-0.05, 0) is 31.4 Å². The number of aliphatic hydroxyl groups excluding tert-OH is 1. The first-order valence-electron chi connectivity index (χ1n) is 6.37. The average Bonchev–Trinajstić information content (AvgIpc) is 2.40. The van der Waals surface area contributed by atoms with Crippen LogP contribution in [0.5, 0.6) is 0 Å². The first kappa shape index (κ1) is 12.8. The van der Waals surface area contributed by atoms with Gasteiger partial charge in [0.1, 0.15) is 5.69 Å². The predicted molar refractivity (Wildman–Crippen MR) is 71.7 cm³/mol. The Bertz CT molecular complexity index is 590. The van der Waals surface area contributed by atoms with E-state index < -0.39 is 0 Å². The molecule has 0 radical (unpaired) electrons. The van der Waals surface area contributed by atoms with Crippen LogP contribution in [0.1, 0.15) is 25.5 Å². The zero-order valence-electron chi connectivity index (χ0n) is 10.6. The van der Waals surface area contributed by atoms with E-state index in [9.17, 15) is 4.79 Å². The summed E-state index contributed by atoms with van der Waals surface area (Å²) in [7, 11) is 0. The molecule has 4 nitrogen and oxygen atoms in total. The van der Waals surface area contributed by atoms with Crippen LogP contribution in [-0.4, -0.2) is 21.3 Å². The Balaban J connectivity index is 2.59. The van der Waals surface area contributed by atoms with Crippen molar-refractivity contribution >= 4 is 11.0 Å². The fourth-order valence-electron chi connectivity index (χ4n) is 2.10. The second-order valence-corrected chi connectivity index (χ2v) is 4.33. The number of fused-ring (bicyclic) bond motifs is 1. The van der Waals surface area contributed by atoms with E-state index in [-0.39, 0.29) is 12.2 Å². The molecule has 0 amide bonds. The summed E-state index contributed by atoms with van der Waals surface area (Å²) in [6.07, 6.45) is 2.02. The maximum atomic E-state index is 12.3. The highest BCUT2D eigenvalue weighted by Crippen LogP contribution is 2.11. The highest BCUT2D eigenvalue weighted by molar-refractivity contribution is 5.74. The van der Waals surface area contributed by atoms with E-state index in [1.807, 2.05) is 24.3 Å². The van der Waals surface area contributed by atoms with Gasteiger partial charge in [-0.25, -0.2) is 4.98 Å². The molecule has 2 rings (SSSR count). The molecule has 2 aromatic rings. The minimum atomic E-state index is -0.0241. The maximum Gasteiger partial charge on any atom is 0.272 e. The number of aromatic nitrogens is 2. The van der Waals surface area contributed by atoms with Gasteiger partial charge in [-0.2, -0.15) is 0 Å². The van der Waals surface area contributed by atoms with Crippen molar-refractivity contribution in [2.75, 3.05) is 6.61 Å². The molecular weight excluding hydrogens is 228 g/mol. The molecule has 1 N–H and O–H groups in total. The molecule has 0 bridgehead atoms. The van der Waals surface area contributed by atoms with Gasteiger partial charge in [0.15, 0.2) is 0 Å². The summed E-state index contributed by atoms with van der Waals surface area (Å²) in [4.78, 5) is 16.7. The molecule has 0 unspecified atom stereocenters. The lowest BCUT2D eigenvalue weighted by molar-refractivity contribution is 0.288. The normalized spacial score (nSPS) is 11.0. The summed E-state index contributed by atoms with van der Waals surface area (Å²) in [6, 6.07) is 7.69.